The van der Waals surface area contributed by atoms with Gasteiger partial charge in [0, 0.05) is 18.7 Å². The summed E-state index contributed by atoms with van der Waals surface area (Å²) in [5.41, 5.74) is 0.649. The van der Waals surface area contributed by atoms with Gasteiger partial charge in [-0.2, -0.15) is 0 Å². The van der Waals surface area contributed by atoms with E-state index in [2.05, 4.69) is 5.32 Å². The average Bonchev–Trinajstić information content (AvgIpc) is 2.69. The fourth-order valence-corrected chi connectivity index (χ4v) is 3.57. The van der Waals surface area contributed by atoms with Gasteiger partial charge in [-0.05, 0) is 17.5 Å². The third kappa shape index (κ3) is 5.92. The molecular weight excluding hydrogens is 398 g/mol. The molecule has 0 unspecified atom stereocenters. The van der Waals surface area contributed by atoms with Crippen molar-refractivity contribution in [3.8, 4) is 5.75 Å². The van der Waals surface area contributed by atoms with E-state index in [0.717, 1.165) is 22.2 Å². The number of non-ortho nitro benzene ring substituents is 1. The van der Waals surface area contributed by atoms with Crippen LogP contribution in [0.4, 0.5) is 11.4 Å². The van der Waals surface area contributed by atoms with Crippen molar-refractivity contribution in [2.75, 3.05) is 30.8 Å². The number of rotatable bonds is 9. The van der Waals surface area contributed by atoms with Gasteiger partial charge >= 0.3 is 0 Å². The Morgan fingerprint density at radius 3 is 2.45 bits per heavy atom. The first-order valence-corrected chi connectivity index (χ1v) is 10.6. The first-order valence-electron chi connectivity index (χ1n) is 8.75. The fourth-order valence-electron chi connectivity index (χ4n) is 2.72. The first-order chi connectivity index (χ1) is 13.6. The van der Waals surface area contributed by atoms with Gasteiger partial charge in [-0.15, -0.1) is 0 Å². The van der Waals surface area contributed by atoms with Gasteiger partial charge in [0.05, 0.1) is 18.3 Å². The van der Waals surface area contributed by atoms with E-state index in [1.165, 1.54) is 19.2 Å². The highest BCUT2D eigenvalue weighted by molar-refractivity contribution is 7.92. The topological polar surface area (TPSA) is 119 Å². The second-order valence-electron chi connectivity index (χ2n) is 6.50. The van der Waals surface area contributed by atoms with Crippen molar-refractivity contribution >= 4 is 27.3 Å². The van der Waals surface area contributed by atoms with Gasteiger partial charge in [-0.25, -0.2) is 8.42 Å². The van der Waals surface area contributed by atoms with Gasteiger partial charge in [-0.3, -0.25) is 19.2 Å². The zero-order chi connectivity index (χ0) is 21.6. The van der Waals surface area contributed by atoms with E-state index in [9.17, 15) is 23.3 Å². The number of sulfonamides is 1. The third-order valence-electron chi connectivity index (χ3n) is 4.30. The van der Waals surface area contributed by atoms with E-state index < -0.39 is 27.4 Å². The number of nitro groups is 1. The summed E-state index contributed by atoms with van der Waals surface area (Å²) in [7, 11) is -2.60. The number of nitro benzene ring substituents is 1. The molecule has 0 saturated carbocycles. The van der Waals surface area contributed by atoms with Crippen molar-refractivity contribution in [1.82, 2.24) is 5.32 Å². The van der Waals surface area contributed by atoms with Crippen LogP contribution in [0.2, 0.25) is 0 Å². The summed E-state index contributed by atoms with van der Waals surface area (Å²) >= 11 is 0. The quantitative estimate of drug-likeness (QED) is 0.490. The number of hydrogen-bond donors (Lipinski definition) is 1. The molecular formula is C19H23N3O6S. The Balaban J connectivity index is 2.21. The fraction of sp³-hybridized carbons (Fsp3) is 0.316. The van der Waals surface area contributed by atoms with Crippen LogP contribution in [0.5, 0.6) is 5.75 Å². The minimum Gasteiger partial charge on any atom is -0.495 e. The van der Waals surface area contributed by atoms with Crippen LogP contribution in [0.3, 0.4) is 0 Å². The highest BCUT2D eigenvalue weighted by Crippen LogP contribution is 2.33. The smallest absolute Gasteiger partial charge is 0.271 e. The molecule has 1 amide bonds. The van der Waals surface area contributed by atoms with E-state index >= 15 is 0 Å². The van der Waals surface area contributed by atoms with Crippen molar-refractivity contribution in [2.45, 2.75) is 12.8 Å². The van der Waals surface area contributed by atoms with Crippen LogP contribution in [0.1, 0.15) is 18.4 Å². The predicted octanol–water partition coefficient (Wildman–Crippen LogP) is 2.29. The molecule has 0 aliphatic carbocycles. The number of hydrogen-bond acceptors (Lipinski definition) is 6. The molecule has 10 heteroatoms. The maximum atomic E-state index is 12.4. The summed E-state index contributed by atoms with van der Waals surface area (Å²) in [4.78, 5) is 22.9. The highest BCUT2D eigenvalue weighted by atomic mass is 32.2. The second kappa shape index (κ2) is 9.37. The van der Waals surface area contributed by atoms with Crippen LogP contribution in [-0.4, -0.2) is 45.7 Å². The maximum Gasteiger partial charge on any atom is 0.271 e. The minimum absolute atomic E-state index is 0.0270. The number of anilines is 1. The number of nitrogens with one attached hydrogen (secondary N) is 1. The summed E-state index contributed by atoms with van der Waals surface area (Å²) in [5, 5.41) is 13.8. The van der Waals surface area contributed by atoms with E-state index in [1.54, 1.807) is 0 Å². The molecule has 0 aliphatic rings. The van der Waals surface area contributed by atoms with Gasteiger partial charge in [0.1, 0.15) is 18.0 Å². The summed E-state index contributed by atoms with van der Waals surface area (Å²) in [5.74, 6) is -0.405. The molecule has 0 spiro atoms. The second-order valence-corrected chi connectivity index (χ2v) is 8.41. The molecule has 0 heterocycles. The van der Waals surface area contributed by atoms with Crippen molar-refractivity contribution in [3.05, 3.63) is 64.2 Å². The molecule has 0 aliphatic heterocycles. The molecule has 29 heavy (non-hydrogen) atoms. The number of carbonyl (C=O) groups is 1. The van der Waals surface area contributed by atoms with Crippen molar-refractivity contribution in [2.24, 2.45) is 0 Å². The number of nitrogens with zero attached hydrogens (tertiary/aromatic N) is 2. The van der Waals surface area contributed by atoms with Crippen LogP contribution in [-0.2, 0) is 14.8 Å². The normalized spacial score (nSPS) is 12.1. The molecule has 9 nitrogen and oxygen atoms in total. The number of amides is 1. The van der Waals surface area contributed by atoms with E-state index in [4.69, 9.17) is 4.74 Å². The van der Waals surface area contributed by atoms with Crippen LogP contribution >= 0.6 is 0 Å². The van der Waals surface area contributed by atoms with Gasteiger partial charge in [0.15, 0.2) is 0 Å². The molecule has 0 bridgehead atoms. The molecule has 156 valence electrons. The molecule has 0 radical (unpaired) electrons. The van der Waals surface area contributed by atoms with Gasteiger partial charge in [0.25, 0.3) is 5.69 Å². The van der Waals surface area contributed by atoms with Gasteiger partial charge < -0.3 is 10.1 Å². The Hall–Kier alpha value is -3.14. The van der Waals surface area contributed by atoms with Crippen LogP contribution in [0.25, 0.3) is 0 Å². The van der Waals surface area contributed by atoms with E-state index in [1.807, 2.05) is 37.3 Å². The SMILES string of the molecule is COc1ccc([N+](=O)[O-])cc1N(CC(=O)NC[C@@H](C)c1ccccc1)S(C)(=O)=O. The third-order valence-corrected chi connectivity index (χ3v) is 5.43. The Morgan fingerprint density at radius 2 is 1.90 bits per heavy atom. The minimum atomic E-state index is -3.91. The van der Waals surface area contributed by atoms with E-state index in [-0.39, 0.29) is 23.0 Å². The summed E-state index contributed by atoms with van der Waals surface area (Å²) in [6, 6.07) is 13.1. The van der Waals surface area contributed by atoms with Crippen LogP contribution in [0, 0.1) is 10.1 Å². The zero-order valence-corrected chi connectivity index (χ0v) is 17.2. The maximum absolute atomic E-state index is 12.4. The monoisotopic (exact) mass is 421 g/mol. The molecule has 2 aromatic rings. The summed E-state index contributed by atoms with van der Waals surface area (Å²) in [6.07, 6.45) is 0.922. The molecule has 1 N–H and O–H groups in total. The number of ether oxygens (including phenoxy) is 1. The van der Waals surface area contributed by atoms with Crippen molar-refractivity contribution in [1.29, 1.82) is 0 Å². The van der Waals surface area contributed by atoms with Crippen molar-refractivity contribution in [3.63, 3.8) is 0 Å². The van der Waals surface area contributed by atoms with Crippen LogP contribution in [0.15, 0.2) is 48.5 Å². The average molecular weight is 421 g/mol. The molecule has 1 atom stereocenters. The molecule has 0 aromatic heterocycles. The lowest BCUT2D eigenvalue weighted by Crippen LogP contribution is -2.41. The number of methoxy groups -OCH3 is 1. The lowest BCUT2D eigenvalue weighted by molar-refractivity contribution is -0.384. The Kier molecular flexibility index (Phi) is 7.16. The molecule has 0 saturated heterocycles. The lowest BCUT2D eigenvalue weighted by Gasteiger charge is -2.24. The number of carbonyl (C=O) groups excluding carboxylic acids is 1. The summed E-state index contributed by atoms with van der Waals surface area (Å²) < 4.78 is 30.5. The number of benzene rings is 2. The predicted molar refractivity (Wildman–Crippen MR) is 110 cm³/mol. The molecule has 2 rings (SSSR count). The summed E-state index contributed by atoms with van der Waals surface area (Å²) in [6.45, 7) is 1.72. The first kappa shape index (κ1) is 22.2. The van der Waals surface area contributed by atoms with Crippen molar-refractivity contribution < 1.29 is 22.9 Å². The zero-order valence-electron chi connectivity index (χ0n) is 16.4. The Morgan fingerprint density at radius 1 is 1.24 bits per heavy atom. The van der Waals surface area contributed by atoms with Gasteiger partial charge in [0.2, 0.25) is 15.9 Å². The standard InChI is InChI=1S/C19H23N3O6S/c1-14(15-7-5-4-6-8-15)12-20-19(23)13-21(29(3,26)27)17-11-16(22(24)25)9-10-18(17)28-2/h4-11,14H,12-13H2,1-3H3,(H,20,23)/t14-/m1/s1. The Bertz CT molecular complexity index is 979. The Labute approximate surface area is 169 Å². The largest absolute Gasteiger partial charge is 0.495 e. The highest BCUT2D eigenvalue weighted by Gasteiger charge is 2.26. The lowest BCUT2D eigenvalue weighted by atomic mass is 10.0. The molecule has 2 aromatic carbocycles. The van der Waals surface area contributed by atoms with Crippen LogP contribution < -0.4 is 14.4 Å². The molecule has 0 fully saturated rings. The van der Waals surface area contributed by atoms with Gasteiger partial charge in [-0.1, -0.05) is 37.3 Å². The van der Waals surface area contributed by atoms with E-state index in [0.29, 0.717) is 6.54 Å².